The van der Waals surface area contributed by atoms with E-state index >= 15 is 0 Å². The Morgan fingerprint density at radius 3 is 2.79 bits per heavy atom. The molecule has 1 aliphatic heterocycles. The van der Waals surface area contributed by atoms with Gasteiger partial charge in [0.15, 0.2) is 5.78 Å². The van der Waals surface area contributed by atoms with E-state index in [4.69, 9.17) is 4.74 Å². The van der Waals surface area contributed by atoms with Gasteiger partial charge in [-0.05, 0) is 18.4 Å². The van der Waals surface area contributed by atoms with Gasteiger partial charge in [-0.15, -0.1) is 0 Å². The summed E-state index contributed by atoms with van der Waals surface area (Å²) in [6, 6.07) is 7.76. The van der Waals surface area contributed by atoms with Crippen LogP contribution in [0.25, 0.3) is 0 Å². The molecule has 3 rings (SSSR count). The van der Waals surface area contributed by atoms with Crippen LogP contribution in [0.5, 0.6) is 0 Å². The molecule has 1 aliphatic carbocycles. The molecule has 1 atom stereocenters. The minimum absolute atomic E-state index is 0.129. The van der Waals surface area contributed by atoms with Gasteiger partial charge in [0.2, 0.25) is 0 Å². The van der Waals surface area contributed by atoms with E-state index in [9.17, 15) is 4.79 Å². The Kier molecular flexibility index (Phi) is 4.92. The summed E-state index contributed by atoms with van der Waals surface area (Å²) in [5.74, 6) is 1.87. The molecule has 0 amide bonds. The van der Waals surface area contributed by atoms with Crippen LogP contribution in [-0.2, 0) is 20.9 Å². The molecule has 0 fully saturated rings. The van der Waals surface area contributed by atoms with Crippen LogP contribution in [0.1, 0.15) is 22.3 Å². The maximum atomic E-state index is 11.7. The molecule has 0 spiro atoms. The Labute approximate surface area is 112 Å². The fraction of sp³-hybridized carbons (Fsp3) is 0.286. The number of aryl methyl sites for hydroxylation is 1. The van der Waals surface area contributed by atoms with Gasteiger partial charge in [0.05, 0.1) is 0 Å². The molecular weight excluding hydrogens is 243 g/mol. The van der Waals surface area contributed by atoms with Gasteiger partial charge in [-0.1, -0.05) is 24.3 Å². The van der Waals surface area contributed by atoms with Crippen LogP contribution in [0, 0.1) is 0 Å². The van der Waals surface area contributed by atoms with Crippen LogP contribution < -0.4 is 0 Å². The molecule has 2 aliphatic rings. The number of carbonyl (C=O) groups is 1. The summed E-state index contributed by atoms with van der Waals surface area (Å²) in [7, 11) is 3.05. The Bertz CT molecular complexity index is 484. The van der Waals surface area contributed by atoms with Crippen LogP contribution in [-0.4, -0.2) is 32.1 Å². The normalized spacial score (nSPS) is 19.2. The zero-order valence-electron chi connectivity index (χ0n) is 10.7. The smallest absolute Gasteiger partial charge is 0.191 e. The van der Waals surface area contributed by atoms with Crippen molar-refractivity contribution in [1.82, 2.24) is 0 Å². The van der Waals surface area contributed by atoms with Gasteiger partial charge in [0.1, 0.15) is 6.10 Å². The van der Waals surface area contributed by atoms with Crippen molar-refractivity contribution in [3.63, 3.8) is 0 Å². The minimum atomic E-state index is -0.227. The van der Waals surface area contributed by atoms with Crippen LogP contribution in [0.3, 0.4) is 0 Å². The Hall–Kier alpha value is -1.88. The predicted molar refractivity (Wildman–Crippen MR) is 73.0 cm³/mol. The number of hydrogen-bond acceptors (Lipinski definition) is 4. The molecule has 1 unspecified atom stereocenters. The Morgan fingerprint density at radius 2 is 2.21 bits per heavy atom. The number of benzene rings is 1. The van der Waals surface area contributed by atoms with E-state index in [1.165, 1.54) is 13.4 Å². The van der Waals surface area contributed by atoms with E-state index in [-0.39, 0.29) is 11.9 Å². The second-order valence-corrected chi connectivity index (χ2v) is 4.13. The number of allylic oxidation sites excluding steroid dienone is 1. The maximum absolute atomic E-state index is 11.7. The number of Topliss-reactive ketones (excluding diaryl/α,β-unsaturated/α-hetero) is 1. The first-order valence-corrected chi connectivity index (χ1v) is 6.11. The zero-order valence-corrected chi connectivity index (χ0v) is 10.7. The van der Waals surface area contributed by atoms with Crippen molar-refractivity contribution in [2.75, 3.05) is 7.11 Å². The molecule has 98 valence electrons. The molecule has 1 heterocycles. The van der Waals surface area contributed by atoms with Crippen LogP contribution >= 0.6 is 0 Å². The number of carbonyl (C=O) groups excluding carboxylic acids is 1. The molecule has 0 radical (unpaired) electrons. The van der Waals surface area contributed by atoms with Gasteiger partial charge in [0.25, 0.3) is 0 Å². The average Bonchev–Trinajstić information content (AvgIpc) is 2.50. The topological polar surface area (TPSA) is 44.8 Å². The van der Waals surface area contributed by atoms with E-state index < -0.39 is 0 Å². The van der Waals surface area contributed by atoms with Crippen LogP contribution in [0.4, 0.5) is 0 Å². The molecule has 1 aromatic carbocycles. The van der Waals surface area contributed by atoms with Gasteiger partial charge < -0.3 is 4.74 Å². The summed E-state index contributed by atoms with van der Waals surface area (Å²) in [4.78, 5) is 20.3. The number of methoxy groups -OCH3 is 1. The summed E-state index contributed by atoms with van der Waals surface area (Å²) >= 11 is 0. The molecule has 0 N–H and O–H groups in total. The first-order valence-electron chi connectivity index (χ1n) is 6.11. The molecule has 0 saturated heterocycles. The first kappa shape index (κ1) is 13.6. The minimum Gasteiger partial charge on any atom is -0.373 e. The average molecular weight is 258 g/mol. The van der Waals surface area contributed by atoms with Crippen molar-refractivity contribution in [3.8, 4) is 0 Å². The second kappa shape index (κ2) is 6.90. The first-order chi connectivity index (χ1) is 9.33. The number of ketones is 1. The zero-order chi connectivity index (χ0) is 13.5. The monoisotopic (exact) mass is 258 g/mol. The molecule has 1 aromatic rings. The molecule has 0 bridgehead atoms. The summed E-state index contributed by atoms with van der Waals surface area (Å²) in [6.07, 6.45) is 4.73. The SMILES string of the molecule is B1=CC=COO1.COC1CCc2ccccc2C1=O. The standard InChI is InChI=1S/C11H12O2.C3H3BO2/c1-13-10-7-6-8-4-2-3-5-9(8)11(10)12;1-2-4-6-5-3-1/h2-5,10H,6-7H2,1H3;1-3H. The third-order valence-electron chi connectivity index (χ3n) is 2.97. The molecule has 5 heteroatoms. The number of rotatable bonds is 1. The largest absolute Gasteiger partial charge is 0.373 e. The molecule has 19 heavy (non-hydrogen) atoms. The van der Waals surface area contributed by atoms with Gasteiger partial charge in [-0.3, -0.25) is 4.79 Å². The van der Waals surface area contributed by atoms with Crippen molar-refractivity contribution in [2.24, 2.45) is 0 Å². The second-order valence-electron chi connectivity index (χ2n) is 4.13. The number of fused-ring (bicyclic) bond motifs is 1. The number of hydrogen-bond donors (Lipinski definition) is 0. The van der Waals surface area contributed by atoms with Gasteiger partial charge in [-0.25, -0.2) is 0 Å². The Morgan fingerprint density at radius 1 is 1.37 bits per heavy atom. The van der Waals surface area contributed by atoms with Crippen LogP contribution in [0.2, 0.25) is 0 Å². The van der Waals surface area contributed by atoms with Crippen LogP contribution in [0.15, 0.2) is 36.6 Å². The van der Waals surface area contributed by atoms with Gasteiger partial charge in [0, 0.05) is 12.7 Å². The molecule has 4 nitrogen and oxygen atoms in total. The van der Waals surface area contributed by atoms with E-state index in [0.29, 0.717) is 0 Å². The predicted octanol–water partition coefficient (Wildman–Crippen LogP) is 1.71. The quantitative estimate of drug-likeness (QED) is 0.568. The molecular formula is C14H15BO4. The van der Waals surface area contributed by atoms with E-state index in [1.54, 1.807) is 19.2 Å². The van der Waals surface area contributed by atoms with Crippen molar-refractivity contribution in [1.29, 1.82) is 0 Å². The van der Waals surface area contributed by atoms with Crippen molar-refractivity contribution in [3.05, 3.63) is 47.7 Å². The fourth-order valence-corrected chi connectivity index (χ4v) is 2.01. The third-order valence-corrected chi connectivity index (χ3v) is 2.97. The van der Waals surface area contributed by atoms with E-state index in [1.807, 2.05) is 24.3 Å². The summed E-state index contributed by atoms with van der Waals surface area (Å²) < 4.78 is 5.11. The van der Waals surface area contributed by atoms with E-state index in [0.717, 1.165) is 24.0 Å². The summed E-state index contributed by atoms with van der Waals surface area (Å²) in [5.41, 5.74) is 1.99. The van der Waals surface area contributed by atoms with Gasteiger partial charge >= 0.3 is 35.1 Å². The van der Waals surface area contributed by atoms with Crippen molar-refractivity contribution < 1.29 is 19.2 Å². The van der Waals surface area contributed by atoms with Gasteiger partial charge in [-0.2, -0.15) is 0 Å². The Balaban J connectivity index is 0.000000186. The maximum Gasteiger partial charge on any atom is 0.191 e. The summed E-state index contributed by atoms with van der Waals surface area (Å²) in [5, 5.41) is 0. The molecule has 0 aromatic heterocycles. The fourth-order valence-electron chi connectivity index (χ4n) is 2.01. The molecule has 0 saturated carbocycles. The van der Waals surface area contributed by atoms with Crippen molar-refractivity contribution >= 4 is 18.9 Å². The summed E-state index contributed by atoms with van der Waals surface area (Å²) in [6.45, 7) is 0. The van der Waals surface area contributed by atoms with E-state index in [2.05, 4.69) is 9.69 Å². The third kappa shape index (κ3) is 3.55. The van der Waals surface area contributed by atoms with Crippen molar-refractivity contribution in [2.45, 2.75) is 18.9 Å². The number of ether oxygens (including phenoxy) is 1.